The zero-order chi connectivity index (χ0) is 10.1. The molecule has 14 heavy (non-hydrogen) atoms. The van der Waals surface area contributed by atoms with Crippen LogP contribution in [0.4, 0.5) is 0 Å². The van der Waals surface area contributed by atoms with Crippen LogP contribution in [0.25, 0.3) is 10.1 Å². The third-order valence-electron chi connectivity index (χ3n) is 2.30. The van der Waals surface area contributed by atoms with E-state index in [1.54, 1.807) is 11.3 Å². The molecule has 1 aromatic heterocycles. The van der Waals surface area contributed by atoms with Crippen molar-refractivity contribution >= 4 is 50.3 Å². The van der Waals surface area contributed by atoms with Crippen molar-refractivity contribution < 1.29 is 4.79 Å². The topological polar surface area (TPSA) is 17.1 Å². The van der Waals surface area contributed by atoms with Gasteiger partial charge in [0.2, 0.25) is 0 Å². The van der Waals surface area contributed by atoms with Crippen LogP contribution in [-0.2, 0) is 6.42 Å². The van der Waals surface area contributed by atoms with Gasteiger partial charge in [0.05, 0.1) is 0 Å². The summed E-state index contributed by atoms with van der Waals surface area (Å²) in [6.45, 7) is 2.15. The van der Waals surface area contributed by atoms with E-state index in [9.17, 15) is 4.79 Å². The van der Waals surface area contributed by atoms with E-state index in [1.165, 1.54) is 13.8 Å². The van der Waals surface area contributed by atoms with Crippen LogP contribution in [-0.4, -0.2) is 6.29 Å². The number of hydrogen-bond donors (Lipinski definition) is 0. The van der Waals surface area contributed by atoms with Crippen LogP contribution < -0.4 is 0 Å². The van der Waals surface area contributed by atoms with Gasteiger partial charge in [0, 0.05) is 19.2 Å². The van der Waals surface area contributed by atoms with Crippen LogP contribution in [0, 0.1) is 3.57 Å². The number of rotatable bonds is 2. The van der Waals surface area contributed by atoms with Crippen LogP contribution in [0.5, 0.6) is 0 Å². The Morgan fingerprint density at radius 3 is 3.00 bits per heavy atom. The molecule has 3 heteroatoms. The van der Waals surface area contributed by atoms with Crippen LogP contribution in [0.1, 0.15) is 22.8 Å². The van der Waals surface area contributed by atoms with Gasteiger partial charge in [-0.1, -0.05) is 6.92 Å². The molecule has 0 saturated carbocycles. The van der Waals surface area contributed by atoms with Crippen molar-refractivity contribution in [3.8, 4) is 0 Å². The molecule has 0 N–H and O–H groups in total. The summed E-state index contributed by atoms with van der Waals surface area (Å²) in [5.74, 6) is 0. The smallest absolute Gasteiger partial charge is 0.150 e. The number of benzene rings is 1. The Bertz CT molecular complexity index is 487. The Balaban J connectivity index is 2.88. The summed E-state index contributed by atoms with van der Waals surface area (Å²) in [5, 5.41) is 3.15. The van der Waals surface area contributed by atoms with Gasteiger partial charge in [-0.3, -0.25) is 4.79 Å². The van der Waals surface area contributed by atoms with E-state index in [2.05, 4.69) is 29.5 Å². The van der Waals surface area contributed by atoms with Crippen LogP contribution in [0.15, 0.2) is 17.5 Å². The molecule has 0 bridgehead atoms. The second-order valence-corrected chi connectivity index (χ2v) is 5.14. The molecule has 0 spiro atoms. The molecule has 0 aliphatic heterocycles. The van der Waals surface area contributed by atoms with Gasteiger partial charge in [0.15, 0.2) is 6.29 Å². The number of thiophene rings is 1. The minimum Gasteiger partial charge on any atom is -0.298 e. The van der Waals surface area contributed by atoms with Gasteiger partial charge in [-0.05, 0) is 52.1 Å². The average molecular weight is 316 g/mol. The second-order valence-electron chi connectivity index (χ2n) is 3.06. The maximum absolute atomic E-state index is 10.9. The normalized spacial score (nSPS) is 10.7. The Kier molecular flexibility index (Phi) is 2.88. The number of aldehydes is 1. The van der Waals surface area contributed by atoms with Gasteiger partial charge >= 0.3 is 0 Å². The standard InChI is InChI=1S/C11H9IOS/c1-2-8-10(12)5-7(6-13)9-3-4-14-11(8)9/h3-6H,2H2,1H3. The van der Waals surface area contributed by atoms with E-state index in [0.717, 1.165) is 23.7 Å². The van der Waals surface area contributed by atoms with Gasteiger partial charge < -0.3 is 0 Å². The monoisotopic (exact) mass is 316 g/mol. The lowest BCUT2D eigenvalue weighted by molar-refractivity contribution is 0.112. The molecule has 0 saturated heterocycles. The molecule has 2 rings (SSSR count). The number of aryl methyl sites for hydroxylation is 1. The predicted molar refractivity (Wildman–Crippen MR) is 69.3 cm³/mol. The molecule has 0 atom stereocenters. The van der Waals surface area contributed by atoms with Gasteiger partial charge in [-0.2, -0.15) is 0 Å². The fourth-order valence-electron chi connectivity index (χ4n) is 1.61. The fraction of sp³-hybridized carbons (Fsp3) is 0.182. The maximum atomic E-state index is 10.9. The SMILES string of the molecule is CCc1c(I)cc(C=O)c2ccsc12. The van der Waals surface area contributed by atoms with Crippen LogP contribution >= 0.6 is 33.9 Å². The Morgan fingerprint density at radius 2 is 2.36 bits per heavy atom. The molecule has 1 heterocycles. The average Bonchev–Trinajstić information content (AvgIpc) is 2.65. The zero-order valence-electron chi connectivity index (χ0n) is 7.71. The lowest BCUT2D eigenvalue weighted by atomic mass is 10.1. The van der Waals surface area contributed by atoms with Gasteiger partial charge in [-0.15, -0.1) is 11.3 Å². The minimum atomic E-state index is 0.808. The Labute approximate surface area is 100 Å². The first-order valence-corrected chi connectivity index (χ1v) is 6.37. The van der Waals surface area contributed by atoms with Gasteiger partial charge in [-0.25, -0.2) is 0 Å². The molecule has 72 valence electrons. The van der Waals surface area contributed by atoms with Crippen LogP contribution in [0.3, 0.4) is 0 Å². The number of fused-ring (bicyclic) bond motifs is 1. The third kappa shape index (κ3) is 1.48. The Hall–Kier alpha value is -0.420. The van der Waals surface area contributed by atoms with Crippen LogP contribution in [0.2, 0.25) is 0 Å². The summed E-state index contributed by atoms with van der Waals surface area (Å²) >= 11 is 4.02. The molecule has 0 amide bonds. The van der Waals surface area contributed by atoms with Crippen molar-refractivity contribution in [1.82, 2.24) is 0 Å². The van der Waals surface area contributed by atoms with Gasteiger partial charge in [0.25, 0.3) is 0 Å². The molecule has 0 fully saturated rings. The van der Waals surface area contributed by atoms with Crippen molar-refractivity contribution in [1.29, 1.82) is 0 Å². The molecule has 0 aliphatic rings. The quantitative estimate of drug-likeness (QED) is 0.607. The summed E-state index contributed by atoms with van der Waals surface area (Å²) in [7, 11) is 0. The second kappa shape index (κ2) is 3.98. The molecule has 2 aromatic rings. The lowest BCUT2D eigenvalue weighted by Crippen LogP contribution is -1.90. The highest BCUT2D eigenvalue weighted by Gasteiger charge is 2.09. The maximum Gasteiger partial charge on any atom is 0.150 e. The van der Waals surface area contributed by atoms with Crippen molar-refractivity contribution in [2.75, 3.05) is 0 Å². The third-order valence-corrected chi connectivity index (χ3v) is 4.24. The number of hydrogen-bond acceptors (Lipinski definition) is 2. The summed E-state index contributed by atoms with van der Waals surface area (Å²) in [5.41, 5.74) is 2.17. The Morgan fingerprint density at radius 1 is 1.57 bits per heavy atom. The number of carbonyl (C=O) groups is 1. The first-order chi connectivity index (χ1) is 6.77. The molecule has 0 aliphatic carbocycles. The summed E-state index contributed by atoms with van der Waals surface area (Å²) in [4.78, 5) is 10.9. The number of halogens is 1. The molecular formula is C11H9IOS. The molecule has 0 radical (unpaired) electrons. The molecule has 1 aromatic carbocycles. The fourth-order valence-corrected chi connectivity index (χ4v) is 3.83. The van der Waals surface area contributed by atoms with Crippen molar-refractivity contribution in [3.05, 3.63) is 32.2 Å². The predicted octanol–water partition coefficient (Wildman–Crippen LogP) is 3.88. The molecule has 0 unspecified atom stereocenters. The first kappa shape index (κ1) is 10.1. The van der Waals surface area contributed by atoms with E-state index >= 15 is 0 Å². The zero-order valence-corrected chi connectivity index (χ0v) is 10.7. The molecular weight excluding hydrogens is 307 g/mol. The highest BCUT2D eigenvalue weighted by molar-refractivity contribution is 14.1. The van der Waals surface area contributed by atoms with E-state index in [-0.39, 0.29) is 0 Å². The highest BCUT2D eigenvalue weighted by Crippen LogP contribution is 2.31. The van der Waals surface area contributed by atoms with E-state index in [1.807, 2.05) is 17.5 Å². The molecule has 1 nitrogen and oxygen atoms in total. The summed E-state index contributed by atoms with van der Waals surface area (Å²) in [6, 6.07) is 4.00. The summed E-state index contributed by atoms with van der Waals surface area (Å²) in [6.07, 6.45) is 1.96. The van der Waals surface area contributed by atoms with E-state index < -0.39 is 0 Å². The first-order valence-electron chi connectivity index (χ1n) is 4.41. The van der Waals surface area contributed by atoms with E-state index in [0.29, 0.717) is 0 Å². The van der Waals surface area contributed by atoms with Crippen molar-refractivity contribution in [2.24, 2.45) is 0 Å². The van der Waals surface area contributed by atoms with Gasteiger partial charge in [0.1, 0.15) is 0 Å². The van der Waals surface area contributed by atoms with Crippen molar-refractivity contribution in [2.45, 2.75) is 13.3 Å². The largest absolute Gasteiger partial charge is 0.298 e. The summed E-state index contributed by atoms with van der Waals surface area (Å²) < 4.78 is 2.46. The van der Waals surface area contributed by atoms with E-state index in [4.69, 9.17) is 0 Å². The van der Waals surface area contributed by atoms with Crippen molar-refractivity contribution in [3.63, 3.8) is 0 Å². The highest BCUT2D eigenvalue weighted by atomic mass is 127. The minimum absolute atomic E-state index is 0.808. The lowest BCUT2D eigenvalue weighted by Gasteiger charge is -2.04. The number of carbonyl (C=O) groups excluding carboxylic acids is 1.